The van der Waals surface area contributed by atoms with E-state index in [1.807, 2.05) is 0 Å². The van der Waals surface area contributed by atoms with Crippen molar-refractivity contribution < 1.29 is 18.8 Å². The first-order chi connectivity index (χ1) is 13.0. The van der Waals surface area contributed by atoms with Gasteiger partial charge in [0.2, 0.25) is 17.7 Å². The third kappa shape index (κ3) is 3.33. The van der Waals surface area contributed by atoms with Crippen molar-refractivity contribution in [1.82, 2.24) is 24.9 Å². The van der Waals surface area contributed by atoms with E-state index in [1.54, 1.807) is 36.1 Å². The van der Waals surface area contributed by atoms with Crippen molar-refractivity contribution in [2.75, 3.05) is 32.7 Å². The molecule has 0 saturated carbocycles. The Kier molecular flexibility index (Phi) is 4.44. The number of hydrogen-bond acceptors (Lipinski definition) is 7. The number of carbonyl (C=O) groups excluding carboxylic acids is 3. The molecule has 0 spiro atoms. The Labute approximate surface area is 155 Å². The van der Waals surface area contributed by atoms with Crippen molar-refractivity contribution in [2.24, 2.45) is 0 Å². The van der Waals surface area contributed by atoms with Crippen LogP contribution in [0.3, 0.4) is 0 Å². The molecule has 1 aromatic carbocycles. The van der Waals surface area contributed by atoms with Gasteiger partial charge in [0.15, 0.2) is 0 Å². The fourth-order valence-corrected chi connectivity index (χ4v) is 3.37. The predicted octanol–water partition coefficient (Wildman–Crippen LogP) is 0.318. The molecule has 2 aliphatic rings. The number of nitrogens with zero attached hydrogens (tertiary/aromatic N) is 5. The Bertz CT molecular complexity index is 866. The lowest BCUT2D eigenvalue weighted by molar-refractivity contribution is -0.133. The Balaban J connectivity index is 1.32. The van der Waals surface area contributed by atoms with Gasteiger partial charge < -0.3 is 9.32 Å². The van der Waals surface area contributed by atoms with Crippen LogP contribution in [-0.4, -0.2) is 75.3 Å². The van der Waals surface area contributed by atoms with Gasteiger partial charge in [-0.3, -0.25) is 24.2 Å². The SMILES string of the molecule is Cc1nnc(CN2CCN(C(=O)CN3C(=O)c4ccccc4C3=O)CC2)o1. The van der Waals surface area contributed by atoms with Crippen molar-refractivity contribution >= 4 is 17.7 Å². The molecule has 1 saturated heterocycles. The van der Waals surface area contributed by atoms with Gasteiger partial charge in [-0.25, -0.2) is 0 Å². The maximum Gasteiger partial charge on any atom is 0.262 e. The second kappa shape index (κ2) is 6.92. The molecule has 140 valence electrons. The standard InChI is InChI=1S/C18H19N5O4/c1-12-19-20-15(27-12)10-21-6-8-22(9-7-21)16(24)11-23-17(25)13-4-2-3-5-14(13)18(23)26/h2-5H,6-11H2,1H3. The minimum atomic E-state index is -0.408. The molecule has 0 atom stereocenters. The molecule has 2 aliphatic heterocycles. The minimum Gasteiger partial charge on any atom is -0.424 e. The topological polar surface area (TPSA) is 99.9 Å². The number of rotatable bonds is 4. The lowest BCUT2D eigenvalue weighted by atomic mass is 10.1. The van der Waals surface area contributed by atoms with Gasteiger partial charge in [-0.15, -0.1) is 10.2 Å². The van der Waals surface area contributed by atoms with Gasteiger partial charge >= 0.3 is 0 Å². The Morgan fingerprint density at radius 2 is 1.67 bits per heavy atom. The molecule has 0 radical (unpaired) electrons. The van der Waals surface area contributed by atoms with E-state index in [9.17, 15) is 14.4 Å². The highest BCUT2D eigenvalue weighted by Crippen LogP contribution is 2.22. The highest BCUT2D eigenvalue weighted by atomic mass is 16.4. The summed E-state index contributed by atoms with van der Waals surface area (Å²) in [5.74, 6) is 0.0412. The molecule has 9 heteroatoms. The number of imide groups is 1. The highest BCUT2D eigenvalue weighted by molar-refractivity contribution is 6.22. The van der Waals surface area contributed by atoms with E-state index in [1.165, 1.54) is 0 Å². The van der Waals surface area contributed by atoms with Gasteiger partial charge in [-0.1, -0.05) is 12.1 Å². The van der Waals surface area contributed by atoms with Crippen LogP contribution in [0.15, 0.2) is 28.7 Å². The Morgan fingerprint density at radius 3 is 2.22 bits per heavy atom. The Morgan fingerprint density at radius 1 is 1.04 bits per heavy atom. The average Bonchev–Trinajstić information content (AvgIpc) is 3.19. The van der Waals surface area contributed by atoms with Crippen molar-refractivity contribution in [3.8, 4) is 0 Å². The fraction of sp³-hybridized carbons (Fsp3) is 0.389. The van der Waals surface area contributed by atoms with Crippen LogP contribution in [-0.2, 0) is 11.3 Å². The van der Waals surface area contributed by atoms with Gasteiger partial charge in [-0.2, -0.15) is 0 Å². The molecule has 0 aliphatic carbocycles. The van der Waals surface area contributed by atoms with E-state index in [0.717, 1.165) is 4.90 Å². The zero-order valence-electron chi connectivity index (χ0n) is 14.9. The van der Waals surface area contributed by atoms with E-state index in [-0.39, 0.29) is 12.5 Å². The molecule has 27 heavy (non-hydrogen) atoms. The molecule has 3 heterocycles. The van der Waals surface area contributed by atoms with Gasteiger partial charge in [0.05, 0.1) is 17.7 Å². The van der Waals surface area contributed by atoms with E-state index >= 15 is 0 Å². The smallest absolute Gasteiger partial charge is 0.262 e. The lowest BCUT2D eigenvalue weighted by Crippen LogP contribution is -2.51. The minimum absolute atomic E-state index is 0.224. The summed E-state index contributed by atoms with van der Waals surface area (Å²) in [5, 5.41) is 7.79. The van der Waals surface area contributed by atoms with Crippen molar-refractivity contribution in [2.45, 2.75) is 13.5 Å². The number of amides is 3. The number of carbonyl (C=O) groups is 3. The number of aryl methyl sites for hydroxylation is 1. The van der Waals surface area contributed by atoms with Crippen LogP contribution < -0.4 is 0 Å². The molecule has 2 aromatic rings. The quantitative estimate of drug-likeness (QED) is 0.716. The number of hydrogen-bond donors (Lipinski definition) is 0. The number of piperazine rings is 1. The molecular formula is C18H19N5O4. The van der Waals surface area contributed by atoms with Gasteiger partial charge in [0.1, 0.15) is 6.54 Å². The summed E-state index contributed by atoms with van der Waals surface area (Å²) in [6.07, 6.45) is 0. The first-order valence-electron chi connectivity index (χ1n) is 8.77. The van der Waals surface area contributed by atoms with Crippen LogP contribution in [0, 0.1) is 6.92 Å². The predicted molar refractivity (Wildman–Crippen MR) is 92.7 cm³/mol. The molecule has 4 rings (SSSR count). The summed E-state index contributed by atoms with van der Waals surface area (Å²) in [6.45, 7) is 4.43. The van der Waals surface area contributed by atoms with Crippen molar-refractivity contribution in [3.05, 3.63) is 47.2 Å². The molecular weight excluding hydrogens is 350 g/mol. The van der Waals surface area contributed by atoms with Crippen LogP contribution in [0.4, 0.5) is 0 Å². The maximum atomic E-state index is 12.6. The summed E-state index contributed by atoms with van der Waals surface area (Å²) in [7, 11) is 0. The third-order valence-electron chi connectivity index (χ3n) is 4.82. The molecule has 9 nitrogen and oxygen atoms in total. The normalized spacial score (nSPS) is 17.5. The maximum absolute atomic E-state index is 12.6. The summed E-state index contributed by atoms with van der Waals surface area (Å²) >= 11 is 0. The van der Waals surface area contributed by atoms with Gasteiger partial charge in [-0.05, 0) is 12.1 Å². The van der Waals surface area contributed by atoms with E-state index in [2.05, 4.69) is 15.1 Å². The molecule has 0 bridgehead atoms. The van der Waals surface area contributed by atoms with Crippen molar-refractivity contribution in [3.63, 3.8) is 0 Å². The molecule has 3 amide bonds. The molecule has 1 fully saturated rings. The molecule has 0 unspecified atom stereocenters. The van der Waals surface area contributed by atoms with Crippen molar-refractivity contribution in [1.29, 1.82) is 0 Å². The summed E-state index contributed by atoms with van der Waals surface area (Å²) in [4.78, 5) is 42.2. The summed E-state index contributed by atoms with van der Waals surface area (Å²) in [5.41, 5.74) is 0.713. The van der Waals surface area contributed by atoms with Crippen LogP contribution in [0.1, 0.15) is 32.5 Å². The van der Waals surface area contributed by atoms with Gasteiger partial charge in [0, 0.05) is 33.1 Å². The summed E-state index contributed by atoms with van der Waals surface area (Å²) in [6, 6.07) is 6.63. The molecule has 1 aromatic heterocycles. The third-order valence-corrected chi connectivity index (χ3v) is 4.82. The van der Waals surface area contributed by atoms with Crippen LogP contribution in [0.25, 0.3) is 0 Å². The average molecular weight is 369 g/mol. The second-order valence-electron chi connectivity index (χ2n) is 6.61. The fourth-order valence-electron chi connectivity index (χ4n) is 3.37. The number of benzene rings is 1. The summed E-state index contributed by atoms with van der Waals surface area (Å²) < 4.78 is 5.38. The zero-order valence-corrected chi connectivity index (χ0v) is 14.9. The molecule has 0 N–H and O–H groups in total. The van der Waals surface area contributed by atoms with E-state index < -0.39 is 11.8 Å². The largest absolute Gasteiger partial charge is 0.424 e. The Hall–Kier alpha value is -3.07. The number of fused-ring (bicyclic) bond motifs is 1. The van der Waals surface area contributed by atoms with Gasteiger partial charge in [0.25, 0.3) is 11.8 Å². The van der Waals surface area contributed by atoms with E-state index in [0.29, 0.717) is 55.6 Å². The van der Waals surface area contributed by atoms with Crippen LogP contribution >= 0.6 is 0 Å². The second-order valence-corrected chi connectivity index (χ2v) is 6.61. The first kappa shape index (κ1) is 17.3. The zero-order chi connectivity index (χ0) is 19.0. The number of aromatic nitrogens is 2. The highest BCUT2D eigenvalue weighted by Gasteiger charge is 2.37. The lowest BCUT2D eigenvalue weighted by Gasteiger charge is -2.34. The first-order valence-corrected chi connectivity index (χ1v) is 8.77. The van der Waals surface area contributed by atoms with Crippen LogP contribution in [0.5, 0.6) is 0 Å². The monoisotopic (exact) mass is 369 g/mol. The van der Waals surface area contributed by atoms with Crippen LogP contribution in [0.2, 0.25) is 0 Å². The van der Waals surface area contributed by atoms with E-state index in [4.69, 9.17) is 4.42 Å².